The number of nitrogens with one attached hydrogen (secondary N) is 2. The number of fused-ring (bicyclic) bond motifs is 2. The van der Waals surface area contributed by atoms with Gasteiger partial charge < -0.3 is 19.7 Å². The lowest BCUT2D eigenvalue weighted by atomic mass is 10.0. The van der Waals surface area contributed by atoms with Crippen LogP contribution in [0.15, 0.2) is 53.6 Å². The van der Waals surface area contributed by atoms with Crippen molar-refractivity contribution in [2.75, 3.05) is 50.0 Å². The fourth-order valence-corrected chi connectivity index (χ4v) is 7.07. The normalized spacial score (nSPS) is 15.8. The second-order valence-electron chi connectivity index (χ2n) is 10.6. The maximum absolute atomic E-state index is 15.8. The topological polar surface area (TPSA) is 106 Å². The molecular formula is C30H30ClF2N5O4S. The Labute approximate surface area is 253 Å². The van der Waals surface area contributed by atoms with E-state index in [4.69, 9.17) is 21.1 Å². The molecule has 2 aliphatic heterocycles. The number of hydrogen-bond acceptors (Lipinski definition) is 8. The highest BCUT2D eigenvalue weighted by Gasteiger charge is 2.28. The van der Waals surface area contributed by atoms with Gasteiger partial charge in [0.05, 0.1) is 30.0 Å². The third-order valence-corrected chi connectivity index (χ3v) is 9.33. The number of piperidine rings is 1. The zero-order valence-electron chi connectivity index (χ0n) is 23.4. The Hall–Kier alpha value is -3.58. The van der Waals surface area contributed by atoms with Crippen molar-refractivity contribution in [2.24, 2.45) is 0 Å². The highest BCUT2D eigenvalue weighted by molar-refractivity contribution is 7.92. The van der Waals surface area contributed by atoms with Crippen LogP contribution in [0.5, 0.6) is 5.75 Å². The lowest BCUT2D eigenvalue weighted by Crippen LogP contribution is -2.40. The van der Waals surface area contributed by atoms with Crippen LogP contribution in [0, 0.1) is 11.6 Å². The monoisotopic (exact) mass is 629 g/mol. The minimum atomic E-state index is -4.31. The van der Waals surface area contributed by atoms with Crippen LogP contribution in [0.4, 0.5) is 20.4 Å². The number of rotatable bonds is 9. The average Bonchev–Trinajstić information content (AvgIpc) is 3.46. The number of benzene rings is 3. The number of halogens is 3. The van der Waals surface area contributed by atoms with E-state index in [0.29, 0.717) is 42.0 Å². The molecule has 43 heavy (non-hydrogen) atoms. The van der Waals surface area contributed by atoms with Gasteiger partial charge in [0, 0.05) is 61.4 Å². The Kier molecular flexibility index (Phi) is 8.36. The molecule has 2 N–H and O–H groups in total. The van der Waals surface area contributed by atoms with E-state index in [9.17, 15) is 8.42 Å². The Morgan fingerprint density at radius 3 is 2.74 bits per heavy atom. The molecular weight excluding hydrogens is 600 g/mol. The molecule has 0 amide bonds. The Balaban J connectivity index is 1.22. The summed E-state index contributed by atoms with van der Waals surface area (Å²) in [7, 11) is -2.61. The first-order valence-electron chi connectivity index (χ1n) is 13.9. The van der Waals surface area contributed by atoms with Gasteiger partial charge in [-0.25, -0.2) is 27.2 Å². The van der Waals surface area contributed by atoms with Gasteiger partial charge in [-0.2, -0.15) is 0 Å². The molecule has 0 saturated carbocycles. The quantitative estimate of drug-likeness (QED) is 0.251. The number of nitrogens with zero attached hydrogens (tertiary/aromatic N) is 3. The molecule has 1 fully saturated rings. The van der Waals surface area contributed by atoms with Gasteiger partial charge in [-0.1, -0.05) is 17.7 Å². The first-order valence-corrected chi connectivity index (χ1v) is 15.8. The number of sulfonamides is 1. The first-order chi connectivity index (χ1) is 20.7. The fourth-order valence-electron chi connectivity index (χ4n) is 5.49. The lowest BCUT2D eigenvalue weighted by Gasteiger charge is -2.32. The number of aromatic nitrogens is 2. The molecule has 9 nitrogen and oxygen atoms in total. The van der Waals surface area contributed by atoms with Crippen LogP contribution < -0.4 is 14.8 Å². The van der Waals surface area contributed by atoms with Crippen LogP contribution in [0.3, 0.4) is 0 Å². The van der Waals surface area contributed by atoms with Crippen LogP contribution in [-0.4, -0.2) is 69.3 Å². The van der Waals surface area contributed by atoms with E-state index in [1.54, 1.807) is 37.6 Å². The van der Waals surface area contributed by atoms with Gasteiger partial charge in [-0.05, 0) is 54.8 Å². The Morgan fingerprint density at radius 1 is 1.14 bits per heavy atom. The maximum Gasteiger partial charge on any atom is 0.265 e. The largest absolute Gasteiger partial charge is 0.492 e. The number of likely N-dealkylation sites (tertiary alicyclic amines) is 1. The Morgan fingerprint density at radius 2 is 1.95 bits per heavy atom. The SMILES string of the molecule is COCCN1CCC(Nc2ncc3cc(-c4c(F)ccc(NS(=O)(=O)c5cc(Cl)cc6c5OCC6)c4F)ccc3n2)CC1. The van der Waals surface area contributed by atoms with Gasteiger partial charge in [0.15, 0.2) is 5.82 Å². The van der Waals surface area contributed by atoms with Crippen molar-refractivity contribution in [1.82, 2.24) is 14.9 Å². The summed E-state index contributed by atoms with van der Waals surface area (Å²) in [6, 6.07) is 9.96. The van der Waals surface area contributed by atoms with Crippen molar-refractivity contribution in [3.8, 4) is 16.9 Å². The summed E-state index contributed by atoms with van der Waals surface area (Å²) < 4.78 is 70.2. The highest BCUT2D eigenvalue weighted by atomic mass is 35.5. The Bertz CT molecular complexity index is 1780. The molecule has 1 aromatic heterocycles. The fraction of sp³-hybridized carbons (Fsp3) is 0.333. The van der Waals surface area contributed by atoms with Crippen LogP contribution in [0.1, 0.15) is 18.4 Å². The summed E-state index contributed by atoms with van der Waals surface area (Å²) in [4.78, 5) is 11.2. The van der Waals surface area contributed by atoms with Gasteiger partial charge >= 0.3 is 0 Å². The molecule has 0 atom stereocenters. The summed E-state index contributed by atoms with van der Waals surface area (Å²) in [5.41, 5.74) is 0.673. The van der Waals surface area contributed by atoms with Gasteiger partial charge in [-0.15, -0.1) is 0 Å². The van der Waals surface area contributed by atoms with E-state index in [-0.39, 0.29) is 32.8 Å². The van der Waals surface area contributed by atoms with Gasteiger partial charge in [0.1, 0.15) is 16.5 Å². The van der Waals surface area contributed by atoms with E-state index in [2.05, 4.69) is 24.9 Å². The van der Waals surface area contributed by atoms with Crippen molar-refractivity contribution in [3.63, 3.8) is 0 Å². The predicted molar refractivity (Wildman–Crippen MR) is 161 cm³/mol. The van der Waals surface area contributed by atoms with Crippen LogP contribution in [0.2, 0.25) is 5.02 Å². The molecule has 4 aromatic rings. The first kappa shape index (κ1) is 29.5. The second kappa shape index (κ2) is 12.2. The van der Waals surface area contributed by atoms with E-state index >= 15 is 8.78 Å². The molecule has 0 bridgehead atoms. The summed E-state index contributed by atoms with van der Waals surface area (Å²) >= 11 is 6.13. The minimum absolute atomic E-state index is 0.176. The molecule has 6 rings (SSSR count). The van der Waals surface area contributed by atoms with Crippen molar-refractivity contribution >= 4 is 44.2 Å². The van der Waals surface area contributed by atoms with Crippen molar-refractivity contribution in [2.45, 2.75) is 30.2 Å². The second-order valence-corrected chi connectivity index (χ2v) is 12.7. The molecule has 2 aliphatic rings. The number of anilines is 2. The van der Waals surface area contributed by atoms with Crippen LogP contribution in [-0.2, 0) is 21.2 Å². The molecule has 3 aromatic carbocycles. The molecule has 0 aliphatic carbocycles. The van der Waals surface area contributed by atoms with E-state index < -0.39 is 27.3 Å². The average molecular weight is 630 g/mol. The zero-order valence-corrected chi connectivity index (χ0v) is 24.9. The summed E-state index contributed by atoms with van der Waals surface area (Å²) in [5.74, 6) is -1.24. The minimum Gasteiger partial charge on any atom is -0.492 e. The summed E-state index contributed by atoms with van der Waals surface area (Å²) in [6.45, 7) is 3.85. The summed E-state index contributed by atoms with van der Waals surface area (Å²) in [6.07, 6.45) is 4.01. The third-order valence-electron chi connectivity index (χ3n) is 7.74. The molecule has 226 valence electrons. The van der Waals surface area contributed by atoms with Gasteiger partial charge in [0.2, 0.25) is 5.95 Å². The van der Waals surface area contributed by atoms with Crippen molar-refractivity contribution in [1.29, 1.82) is 0 Å². The number of hydrogen-bond donors (Lipinski definition) is 2. The smallest absolute Gasteiger partial charge is 0.265 e. The van der Waals surface area contributed by atoms with Crippen molar-refractivity contribution < 1.29 is 26.7 Å². The number of methoxy groups -OCH3 is 1. The standard InChI is InChI=1S/C30H30ClF2N5O4S/c1-41-13-11-38-9-6-22(7-10-38)35-30-34-17-20-14-18(2-4-24(20)36-30)27-23(32)3-5-25(28(27)33)37-43(39,40)26-16-21(31)15-19-8-12-42-29(19)26/h2-5,14-17,22,37H,6-13H2,1H3,(H,34,35,36). The van der Waals surface area contributed by atoms with Gasteiger partial charge in [-0.3, -0.25) is 4.72 Å². The van der Waals surface area contributed by atoms with E-state index in [0.717, 1.165) is 44.6 Å². The maximum atomic E-state index is 15.8. The lowest BCUT2D eigenvalue weighted by molar-refractivity contribution is 0.132. The van der Waals surface area contributed by atoms with Gasteiger partial charge in [0.25, 0.3) is 10.0 Å². The van der Waals surface area contributed by atoms with Crippen LogP contribution in [0.25, 0.3) is 22.0 Å². The van der Waals surface area contributed by atoms with Crippen molar-refractivity contribution in [3.05, 3.63) is 70.9 Å². The molecule has 0 unspecified atom stereocenters. The third kappa shape index (κ3) is 6.23. The highest BCUT2D eigenvalue weighted by Crippen LogP contribution is 2.38. The molecule has 0 radical (unpaired) electrons. The van der Waals surface area contributed by atoms with E-state index in [1.165, 1.54) is 6.07 Å². The zero-order chi connectivity index (χ0) is 30.1. The molecule has 13 heteroatoms. The van der Waals surface area contributed by atoms with E-state index in [1.807, 2.05) is 0 Å². The molecule has 3 heterocycles. The predicted octanol–water partition coefficient (Wildman–Crippen LogP) is 5.49. The molecule has 1 saturated heterocycles. The molecule has 0 spiro atoms. The summed E-state index contributed by atoms with van der Waals surface area (Å²) in [5, 5.41) is 4.18. The number of ether oxygens (including phenoxy) is 2. The van der Waals surface area contributed by atoms with Crippen LogP contribution >= 0.6 is 11.6 Å².